The lowest BCUT2D eigenvalue weighted by atomic mass is 10.1. The largest absolute Gasteiger partial charge is 0.475 e. The third-order valence-corrected chi connectivity index (χ3v) is 5.40. The molecule has 3 aromatic rings. The Morgan fingerprint density at radius 1 is 1.32 bits per heavy atom. The Hall–Kier alpha value is -2.46. The van der Waals surface area contributed by atoms with E-state index in [1.54, 1.807) is 15.6 Å². The molecule has 2 aliphatic heterocycles. The molecule has 1 fully saturated rings. The van der Waals surface area contributed by atoms with Gasteiger partial charge in [0.25, 0.3) is 5.88 Å². The van der Waals surface area contributed by atoms with Crippen LogP contribution in [0.4, 0.5) is 16.0 Å². The van der Waals surface area contributed by atoms with Gasteiger partial charge in [-0.2, -0.15) is 10.1 Å². The van der Waals surface area contributed by atoms with E-state index in [-0.39, 0.29) is 12.6 Å². The van der Waals surface area contributed by atoms with Gasteiger partial charge in [0.05, 0.1) is 30.3 Å². The summed E-state index contributed by atoms with van der Waals surface area (Å²) in [6, 6.07) is -0.386. The maximum Gasteiger partial charge on any atom is 0.257 e. The van der Waals surface area contributed by atoms with Crippen molar-refractivity contribution in [2.75, 3.05) is 25.1 Å². The number of aromatic nitrogens is 6. The Bertz CT molecular complexity index is 1040. The van der Waals surface area contributed by atoms with Gasteiger partial charge in [-0.25, -0.2) is 14.1 Å². The second kappa shape index (κ2) is 6.85. The first-order valence-corrected chi connectivity index (χ1v) is 9.59. The van der Waals surface area contributed by atoms with Crippen molar-refractivity contribution in [1.82, 2.24) is 29.5 Å². The van der Waals surface area contributed by atoms with E-state index in [9.17, 15) is 4.39 Å². The Labute approximate surface area is 164 Å². The first-order valence-electron chi connectivity index (χ1n) is 9.21. The summed E-state index contributed by atoms with van der Waals surface area (Å²) in [5.41, 5.74) is 2.06. The zero-order valence-electron chi connectivity index (χ0n) is 15.2. The number of ether oxygens (including phenoxy) is 2. The predicted octanol–water partition coefficient (Wildman–Crippen LogP) is 2.81. The van der Waals surface area contributed by atoms with Crippen molar-refractivity contribution >= 4 is 34.3 Å². The van der Waals surface area contributed by atoms with Crippen LogP contribution in [0.15, 0.2) is 6.20 Å². The Morgan fingerprint density at radius 3 is 3.07 bits per heavy atom. The summed E-state index contributed by atoms with van der Waals surface area (Å²) in [6.45, 7) is 3.49. The number of hydrogen-bond donors (Lipinski definition) is 1. The molecular formula is C17H19ClFN7O2. The first-order chi connectivity index (χ1) is 13.6. The van der Waals surface area contributed by atoms with Gasteiger partial charge in [0, 0.05) is 25.8 Å². The van der Waals surface area contributed by atoms with E-state index in [4.69, 9.17) is 21.1 Å². The SMILES string of the molecule is Cc1c2c(nn1[C@H]1CCOC[C@@H]1F)OCCCn1nc(Cl)c3cnc(nc31)N2. The zero-order chi connectivity index (χ0) is 19.3. The second-order valence-corrected chi connectivity index (χ2v) is 7.29. The number of nitrogens with zero attached hydrogens (tertiary/aromatic N) is 6. The third kappa shape index (κ3) is 2.87. The van der Waals surface area contributed by atoms with E-state index in [2.05, 4.69) is 25.5 Å². The molecule has 0 radical (unpaired) electrons. The summed E-state index contributed by atoms with van der Waals surface area (Å²) in [4.78, 5) is 8.90. The minimum absolute atomic E-state index is 0.0768. The van der Waals surface area contributed by atoms with E-state index >= 15 is 0 Å². The van der Waals surface area contributed by atoms with Crippen molar-refractivity contribution in [3.63, 3.8) is 0 Å². The molecule has 2 aliphatic rings. The molecule has 11 heteroatoms. The maximum atomic E-state index is 14.4. The molecule has 2 bridgehead atoms. The van der Waals surface area contributed by atoms with Crippen LogP contribution in [0.5, 0.6) is 5.88 Å². The average molecular weight is 408 g/mol. The van der Waals surface area contributed by atoms with Crippen molar-refractivity contribution in [2.45, 2.75) is 38.5 Å². The minimum atomic E-state index is -1.11. The number of halogens is 2. The molecule has 5 heterocycles. The molecule has 1 N–H and O–H groups in total. The van der Waals surface area contributed by atoms with Gasteiger partial charge < -0.3 is 14.8 Å². The number of anilines is 2. The number of aryl methyl sites for hydroxylation is 1. The lowest BCUT2D eigenvalue weighted by Gasteiger charge is -2.27. The highest BCUT2D eigenvalue weighted by atomic mass is 35.5. The fourth-order valence-corrected chi connectivity index (χ4v) is 3.89. The molecule has 28 heavy (non-hydrogen) atoms. The molecule has 0 amide bonds. The molecular weight excluding hydrogens is 389 g/mol. The van der Waals surface area contributed by atoms with Gasteiger partial charge in [-0.1, -0.05) is 11.6 Å². The van der Waals surface area contributed by atoms with Gasteiger partial charge in [-0.15, -0.1) is 5.10 Å². The number of nitrogens with one attached hydrogen (secondary N) is 1. The average Bonchev–Trinajstić information content (AvgIpc) is 3.16. The highest BCUT2D eigenvalue weighted by Crippen LogP contribution is 2.35. The molecule has 0 saturated carbocycles. The van der Waals surface area contributed by atoms with E-state index < -0.39 is 6.17 Å². The van der Waals surface area contributed by atoms with Crippen molar-refractivity contribution in [3.8, 4) is 5.88 Å². The third-order valence-electron chi connectivity index (χ3n) is 5.12. The number of fused-ring (bicyclic) bond motifs is 2. The van der Waals surface area contributed by atoms with Gasteiger partial charge in [0.15, 0.2) is 10.8 Å². The highest BCUT2D eigenvalue weighted by Gasteiger charge is 2.31. The van der Waals surface area contributed by atoms with Crippen LogP contribution in [0, 0.1) is 6.92 Å². The molecule has 0 spiro atoms. The molecule has 3 aromatic heterocycles. The van der Waals surface area contributed by atoms with Crippen LogP contribution in [0.2, 0.25) is 5.15 Å². The number of rotatable bonds is 1. The van der Waals surface area contributed by atoms with Crippen LogP contribution >= 0.6 is 11.6 Å². The maximum absolute atomic E-state index is 14.4. The van der Waals surface area contributed by atoms with Crippen LogP contribution < -0.4 is 10.1 Å². The van der Waals surface area contributed by atoms with Crippen molar-refractivity contribution in [1.29, 1.82) is 0 Å². The van der Waals surface area contributed by atoms with Gasteiger partial charge in [0.2, 0.25) is 5.95 Å². The second-order valence-electron chi connectivity index (χ2n) is 6.93. The summed E-state index contributed by atoms with van der Waals surface area (Å²) >= 11 is 6.19. The molecule has 1 saturated heterocycles. The monoisotopic (exact) mass is 407 g/mol. The van der Waals surface area contributed by atoms with E-state index in [0.29, 0.717) is 66.3 Å². The smallest absolute Gasteiger partial charge is 0.257 e. The zero-order valence-corrected chi connectivity index (χ0v) is 16.0. The van der Waals surface area contributed by atoms with Crippen LogP contribution in [0.3, 0.4) is 0 Å². The Balaban J connectivity index is 1.58. The number of alkyl halides is 1. The van der Waals surface area contributed by atoms with E-state index in [0.717, 1.165) is 5.69 Å². The van der Waals surface area contributed by atoms with Gasteiger partial charge in [-0.05, 0) is 13.3 Å². The lowest BCUT2D eigenvalue weighted by molar-refractivity contribution is -0.000995. The van der Waals surface area contributed by atoms with Crippen molar-refractivity contribution in [3.05, 3.63) is 17.0 Å². The molecule has 0 aliphatic carbocycles. The predicted molar refractivity (Wildman–Crippen MR) is 100 cm³/mol. The van der Waals surface area contributed by atoms with Crippen molar-refractivity contribution in [2.24, 2.45) is 0 Å². The molecule has 2 atom stereocenters. The van der Waals surface area contributed by atoms with Crippen LogP contribution in [-0.4, -0.2) is 55.5 Å². The minimum Gasteiger partial charge on any atom is -0.475 e. The molecule has 9 nitrogen and oxygen atoms in total. The van der Waals surface area contributed by atoms with Crippen LogP contribution in [0.25, 0.3) is 11.0 Å². The van der Waals surface area contributed by atoms with Crippen molar-refractivity contribution < 1.29 is 13.9 Å². The summed E-state index contributed by atoms with van der Waals surface area (Å²) in [5.74, 6) is 0.793. The topological polar surface area (TPSA) is 91.9 Å². The Kier molecular flexibility index (Phi) is 4.31. The summed E-state index contributed by atoms with van der Waals surface area (Å²) in [7, 11) is 0. The molecule has 148 valence electrons. The van der Waals surface area contributed by atoms with Crippen LogP contribution in [-0.2, 0) is 11.3 Å². The number of hydrogen-bond acceptors (Lipinski definition) is 7. The quantitative estimate of drug-likeness (QED) is 0.663. The molecule has 0 aromatic carbocycles. The molecule has 5 rings (SSSR count). The summed E-state index contributed by atoms with van der Waals surface area (Å²) in [6.07, 6.45) is 1.78. The molecule has 0 unspecified atom stereocenters. The van der Waals surface area contributed by atoms with Gasteiger partial charge >= 0.3 is 0 Å². The summed E-state index contributed by atoms with van der Waals surface area (Å²) < 4.78 is 29.0. The Morgan fingerprint density at radius 2 is 2.21 bits per heavy atom. The van der Waals surface area contributed by atoms with Crippen LogP contribution in [0.1, 0.15) is 24.6 Å². The fraction of sp³-hybridized carbons (Fsp3) is 0.529. The highest BCUT2D eigenvalue weighted by molar-refractivity contribution is 6.34. The standard InChI is InChI=1S/C17H19ClFN7O2/c1-9-13-16(24-26(9)12-3-6-27-8-11(12)19)28-5-2-4-25-15-10(14(18)23-25)7-20-17(21-13)22-15/h7,11-12H,2-6,8H2,1H3,(H,20,21,22)/t11-,12-/m0/s1. The van der Waals surface area contributed by atoms with Gasteiger partial charge in [-0.3, -0.25) is 4.68 Å². The van der Waals surface area contributed by atoms with Gasteiger partial charge in [0.1, 0.15) is 11.9 Å². The summed E-state index contributed by atoms with van der Waals surface area (Å²) in [5, 5.41) is 13.1. The van der Waals surface area contributed by atoms with E-state index in [1.165, 1.54) is 0 Å². The fourth-order valence-electron chi connectivity index (χ4n) is 3.66. The first kappa shape index (κ1) is 17.6. The van der Waals surface area contributed by atoms with E-state index in [1.807, 2.05) is 6.92 Å². The normalized spacial score (nSPS) is 22.4. The lowest BCUT2D eigenvalue weighted by Crippen LogP contribution is -2.32.